The molecule has 1 N–H and O–H groups in total. The van der Waals surface area contributed by atoms with Gasteiger partial charge in [0.1, 0.15) is 0 Å². The summed E-state index contributed by atoms with van der Waals surface area (Å²) in [5.74, 6) is 0. The molecule has 2 aromatic heterocycles. The molecule has 6 heteroatoms. The van der Waals surface area contributed by atoms with Gasteiger partial charge in [-0.1, -0.05) is 41.7 Å². The number of nitrogens with zero attached hydrogens (tertiary/aromatic N) is 4. The lowest BCUT2D eigenvalue weighted by Crippen LogP contribution is -2.57. The van der Waals surface area contributed by atoms with Crippen molar-refractivity contribution in [2.75, 3.05) is 31.1 Å². The van der Waals surface area contributed by atoms with Crippen LogP contribution >= 0.6 is 11.3 Å². The van der Waals surface area contributed by atoms with Gasteiger partial charge in [-0.15, -0.1) is 5.10 Å². The zero-order valence-corrected chi connectivity index (χ0v) is 13.0. The number of fused-ring (bicyclic) bond motifs is 1. The van der Waals surface area contributed by atoms with Gasteiger partial charge in [0, 0.05) is 30.6 Å². The summed E-state index contributed by atoms with van der Waals surface area (Å²) in [6.07, 6.45) is 3.32. The van der Waals surface area contributed by atoms with Gasteiger partial charge in [0.2, 0.25) is 10.1 Å². The number of imidazole rings is 1. The highest BCUT2D eigenvalue weighted by Crippen LogP contribution is 2.40. The smallest absolute Gasteiger partial charge is 0.214 e. The molecule has 5 nitrogen and oxygen atoms in total. The third kappa shape index (κ3) is 1.87. The molecule has 2 saturated heterocycles. The van der Waals surface area contributed by atoms with Crippen molar-refractivity contribution in [1.82, 2.24) is 19.9 Å². The first-order chi connectivity index (χ1) is 10.8. The first kappa shape index (κ1) is 12.6. The monoisotopic (exact) mass is 311 g/mol. The molecule has 5 rings (SSSR count). The first-order valence-electron chi connectivity index (χ1n) is 7.69. The number of hydrogen-bond acceptors (Lipinski definition) is 5. The molecule has 112 valence electrons. The molecule has 0 unspecified atom stereocenters. The predicted molar refractivity (Wildman–Crippen MR) is 88.4 cm³/mol. The molecule has 0 aliphatic carbocycles. The first-order valence-corrected chi connectivity index (χ1v) is 8.50. The Bertz CT molecular complexity index is 776. The van der Waals surface area contributed by atoms with E-state index in [1.165, 1.54) is 6.42 Å². The summed E-state index contributed by atoms with van der Waals surface area (Å²) in [5, 5.41) is 9.28. The van der Waals surface area contributed by atoms with Crippen molar-refractivity contribution in [1.29, 1.82) is 0 Å². The molecule has 2 aliphatic rings. The van der Waals surface area contributed by atoms with Crippen LogP contribution in [-0.4, -0.2) is 40.8 Å². The molecule has 2 fully saturated rings. The highest BCUT2D eigenvalue weighted by molar-refractivity contribution is 7.20. The standard InChI is InChI=1S/C16H17N5S/c1-2-4-12(5-3-1)13-8-21-14(18-13)22-15(19-21)20-10-16(11-20)6-7-17-9-16/h1-5,8,17H,6-7,9-11H2. The summed E-state index contributed by atoms with van der Waals surface area (Å²) in [4.78, 5) is 8.07. The van der Waals surface area contributed by atoms with E-state index >= 15 is 0 Å². The van der Waals surface area contributed by atoms with Gasteiger partial charge in [-0.2, -0.15) is 0 Å². The van der Waals surface area contributed by atoms with Crippen LogP contribution in [0.25, 0.3) is 16.2 Å². The van der Waals surface area contributed by atoms with Crippen molar-refractivity contribution in [2.24, 2.45) is 5.41 Å². The highest BCUT2D eigenvalue weighted by atomic mass is 32.1. The molecular formula is C16H17N5S. The van der Waals surface area contributed by atoms with Crippen LogP contribution in [0, 0.1) is 5.41 Å². The Morgan fingerprint density at radius 2 is 2.05 bits per heavy atom. The number of anilines is 1. The second-order valence-corrected chi connectivity index (χ2v) is 7.32. The Morgan fingerprint density at radius 3 is 2.77 bits per heavy atom. The Kier molecular flexibility index (Phi) is 2.60. The van der Waals surface area contributed by atoms with Crippen LogP contribution in [0.2, 0.25) is 0 Å². The van der Waals surface area contributed by atoms with Gasteiger partial charge < -0.3 is 10.2 Å². The van der Waals surface area contributed by atoms with Crippen molar-refractivity contribution in [3.05, 3.63) is 36.5 Å². The SMILES string of the molecule is c1ccc(-c2cn3nc(N4CC5(CCNC5)C4)sc3n2)cc1. The third-order valence-electron chi connectivity index (χ3n) is 4.76. The fraction of sp³-hybridized carbons (Fsp3) is 0.375. The third-order valence-corrected chi connectivity index (χ3v) is 5.74. The molecule has 22 heavy (non-hydrogen) atoms. The molecule has 0 saturated carbocycles. The van der Waals surface area contributed by atoms with Gasteiger partial charge in [-0.05, 0) is 13.0 Å². The van der Waals surface area contributed by atoms with Gasteiger partial charge in [-0.3, -0.25) is 0 Å². The topological polar surface area (TPSA) is 45.5 Å². The zero-order chi connectivity index (χ0) is 14.6. The van der Waals surface area contributed by atoms with Crippen molar-refractivity contribution in [3.63, 3.8) is 0 Å². The van der Waals surface area contributed by atoms with E-state index in [9.17, 15) is 0 Å². The quantitative estimate of drug-likeness (QED) is 0.788. The summed E-state index contributed by atoms with van der Waals surface area (Å²) in [5.41, 5.74) is 2.64. The Morgan fingerprint density at radius 1 is 1.18 bits per heavy atom. The molecule has 0 bridgehead atoms. The molecule has 0 radical (unpaired) electrons. The van der Waals surface area contributed by atoms with Gasteiger partial charge in [0.15, 0.2) is 0 Å². The van der Waals surface area contributed by atoms with Crippen LogP contribution in [0.1, 0.15) is 6.42 Å². The van der Waals surface area contributed by atoms with Crippen LogP contribution < -0.4 is 10.2 Å². The molecule has 1 aromatic carbocycles. The van der Waals surface area contributed by atoms with E-state index in [0.717, 1.165) is 47.5 Å². The minimum Gasteiger partial charge on any atom is -0.345 e. The zero-order valence-electron chi connectivity index (χ0n) is 12.2. The van der Waals surface area contributed by atoms with E-state index in [1.54, 1.807) is 11.3 Å². The molecule has 2 aliphatic heterocycles. The number of hydrogen-bond donors (Lipinski definition) is 1. The van der Waals surface area contributed by atoms with Crippen molar-refractivity contribution < 1.29 is 0 Å². The largest absolute Gasteiger partial charge is 0.345 e. The lowest BCUT2D eigenvalue weighted by atomic mass is 9.79. The van der Waals surface area contributed by atoms with Gasteiger partial charge >= 0.3 is 0 Å². The lowest BCUT2D eigenvalue weighted by Gasteiger charge is -2.47. The molecule has 3 aromatic rings. The summed E-state index contributed by atoms with van der Waals surface area (Å²) in [6, 6.07) is 10.3. The van der Waals surface area contributed by atoms with E-state index in [-0.39, 0.29) is 0 Å². The van der Waals surface area contributed by atoms with E-state index < -0.39 is 0 Å². The number of nitrogens with one attached hydrogen (secondary N) is 1. The average molecular weight is 311 g/mol. The molecular weight excluding hydrogens is 294 g/mol. The summed E-state index contributed by atoms with van der Waals surface area (Å²) >= 11 is 1.69. The minimum absolute atomic E-state index is 0.503. The van der Waals surface area contributed by atoms with E-state index in [0.29, 0.717) is 5.41 Å². The highest BCUT2D eigenvalue weighted by Gasteiger charge is 2.45. The second-order valence-electron chi connectivity index (χ2n) is 6.39. The number of benzene rings is 1. The minimum atomic E-state index is 0.503. The molecule has 0 atom stereocenters. The van der Waals surface area contributed by atoms with E-state index in [1.807, 2.05) is 28.9 Å². The van der Waals surface area contributed by atoms with Crippen LogP contribution in [0.3, 0.4) is 0 Å². The van der Waals surface area contributed by atoms with Crippen molar-refractivity contribution in [3.8, 4) is 11.3 Å². The molecule has 0 amide bonds. The second kappa shape index (κ2) is 4.54. The van der Waals surface area contributed by atoms with Crippen LogP contribution in [0.5, 0.6) is 0 Å². The Balaban J connectivity index is 1.40. The van der Waals surface area contributed by atoms with Crippen LogP contribution in [0.4, 0.5) is 5.13 Å². The fourth-order valence-corrected chi connectivity index (χ4v) is 4.41. The van der Waals surface area contributed by atoms with Crippen molar-refractivity contribution >= 4 is 21.4 Å². The molecule has 1 spiro atoms. The van der Waals surface area contributed by atoms with Gasteiger partial charge in [0.05, 0.1) is 11.9 Å². The summed E-state index contributed by atoms with van der Waals surface area (Å²) in [6.45, 7) is 4.57. The van der Waals surface area contributed by atoms with E-state index in [4.69, 9.17) is 10.1 Å². The van der Waals surface area contributed by atoms with Crippen molar-refractivity contribution in [2.45, 2.75) is 6.42 Å². The average Bonchev–Trinajstić information content (AvgIpc) is 3.20. The Labute approximate surface area is 132 Å². The molecule has 4 heterocycles. The van der Waals surface area contributed by atoms with E-state index in [2.05, 4.69) is 22.3 Å². The normalized spacial score (nSPS) is 19.9. The van der Waals surface area contributed by atoms with Gasteiger partial charge in [-0.25, -0.2) is 9.50 Å². The van der Waals surface area contributed by atoms with Crippen LogP contribution in [-0.2, 0) is 0 Å². The number of aromatic nitrogens is 3. The maximum absolute atomic E-state index is 4.71. The summed E-state index contributed by atoms with van der Waals surface area (Å²) < 4.78 is 1.92. The predicted octanol–water partition coefficient (Wildman–Crippen LogP) is 2.26. The number of rotatable bonds is 2. The maximum atomic E-state index is 4.71. The van der Waals surface area contributed by atoms with Gasteiger partial charge in [0.25, 0.3) is 0 Å². The lowest BCUT2D eigenvalue weighted by molar-refractivity contribution is 0.242. The van der Waals surface area contributed by atoms with Crippen LogP contribution in [0.15, 0.2) is 36.5 Å². The summed E-state index contributed by atoms with van der Waals surface area (Å²) in [7, 11) is 0. The Hall–Kier alpha value is -1.92. The maximum Gasteiger partial charge on any atom is 0.214 e. The fourth-order valence-electron chi connectivity index (χ4n) is 3.53.